The highest BCUT2D eigenvalue weighted by Gasteiger charge is 1.96. The number of fused-ring (bicyclic) bond motifs is 1. The number of thiazole rings is 1. The van der Waals surface area contributed by atoms with E-state index in [-0.39, 0.29) is 0 Å². The first kappa shape index (κ1) is 14.6. The van der Waals surface area contributed by atoms with Gasteiger partial charge in [0.1, 0.15) is 0 Å². The number of hydrogen-bond acceptors (Lipinski definition) is 5. The first-order chi connectivity index (χ1) is 10.7. The number of tetrazole rings is 1. The molecular weight excluding hydrogens is 314 g/mol. The summed E-state index contributed by atoms with van der Waals surface area (Å²) >= 11 is 6.67. The molecule has 0 atom stereocenters. The zero-order valence-electron chi connectivity index (χ0n) is 11.8. The van der Waals surface area contributed by atoms with Crippen LogP contribution in [0.2, 0.25) is 0 Å². The third-order valence-electron chi connectivity index (χ3n) is 2.89. The van der Waals surface area contributed by atoms with E-state index >= 15 is 0 Å². The molecule has 22 heavy (non-hydrogen) atoms. The van der Waals surface area contributed by atoms with Crippen LogP contribution in [-0.2, 0) is 0 Å². The normalized spacial score (nSPS) is 10.2. The Hall–Kier alpha value is -2.38. The van der Waals surface area contributed by atoms with Gasteiger partial charge in [0.2, 0.25) is 4.77 Å². The molecule has 0 radical (unpaired) electrons. The van der Waals surface area contributed by atoms with Crippen molar-refractivity contribution in [1.82, 2.24) is 25.2 Å². The molecule has 2 aromatic heterocycles. The average Bonchev–Trinajstić information content (AvgIpc) is 3.13. The van der Waals surface area contributed by atoms with Gasteiger partial charge in [0.15, 0.2) is 0 Å². The van der Waals surface area contributed by atoms with Crippen molar-refractivity contribution in [3.05, 3.63) is 64.4 Å². The van der Waals surface area contributed by atoms with Gasteiger partial charge in [-0.3, -0.25) is 0 Å². The van der Waals surface area contributed by atoms with Crippen LogP contribution in [0, 0.1) is 11.7 Å². The Kier molecular flexibility index (Phi) is 4.36. The van der Waals surface area contributed by atoms with Crippen molar-refractivity contribution >= 4 is 33.8 Å². The molecule has 110 valence electrons. The van der Waals surface area contributed by atoms with Gasteiger partial charge >= 0.3 is 0 Å². The maximum atomic E-state index is 4.93. The zero-order chi connectivity index (χ0) is 15.4. The minimum Gasteiger partial charge on any atom is -0.242 e. The quantitative estimate of drug-likeness (QED) is 0.538. The average molecular weight is 327 g/mol. The van der Waals surface area contributed by atoms with Crippen molar-refractivity contribution in [1.29, 1.82) is 0 Å². The van der Waals surface area contributed by atoms with Gasteiger partial charge in [0.05, 0.1) is 20.9 Å². The lowest BCUT2D eigenvalue weighted by Crippen LogP contribution is -1.95. The van der Waals surface area contributed by atoms with Crippen LogP contribution in [0.3, 0.4) is 0 Å². The number of nitrogens with one attached hydrogen (secondary N) is 1. The van der Waals surface area contributed by atoms with Gasteiger partial charge in [-0.1, -0.05) is 40.6 Å². The highest BCUT2D eigenvalue weighted by molar-refractivity contribution is 7.71. The summed E-state index contributed by atoms with van der Waals surface area (Å²) in [6.45, 7) is 2.03. The summed E-state index contributed by atoms with van der Waals surface area (Å²) in [5.74, 6) is 0. The molecule has 0 spiro atoms. The van der Waals surface area contributed by atoms with Crippen molar-refractivity contribution < 1.29 is 0 Å². The number of rotatable bonds is 1. The van der Waals surface area contributed by atoms with Crippen molar-refractivity contribution in [2.24, 2.45) is 0 Å². The van der Waals surface area contributed by atoms with Crippen LogP contribution in [0.1, 0.15) is 5.01 Å². The summed E-state index contributed by atoms with van der Waals surface area (Å²) in [6.07, 6.45) is 0. The lowest BCUT2D eigenvalue weighted by molar-refractivity contribution is 0.786. The van der Waals surface area contributed by atoms with E-state index in [1.807, 2.05) is 55.5 Å². The van der Waals surface area contributed by atoms with E-state index < -0.39 is 0 Å². The molecule has 2 aromatic carbocycles. The molecule has 0 aliphatic heterocycles. The first-order valence-corrected chi connectivity index (χ1v) is 7.84. The molecule has 5 nitrogen and oxygen atoms in total. The lowest BCUT2D eigenvalue weighted by Gasteiger charge is -1.97. The van der Waals surface area contributed by atoms with E-state index in [0.29, 0.717) is 4.77 Å². The minimum atomic E-state index is 0.432. The predicted molar refractivity (Wildman–Crippen MR) is 90.9 cm³/mol. The second kappa shape index (κ2) is 6.59. The van der Waals surface area contributed by atoms with Crippen LogP contribution in [0.4, 0.5) is 0 Å². The molecule has 1 N–H and O–H groups in total. The van der Waals surface area contributed by atoms with Gasteiger partial charge in [0, 0.05) is 0 Å². The summed E-state index contributed by atoms with van der Waals surface area (Å²) in [6, 6.07) is 17.8. The topological polar surface area (TPSA) is 59.4 Å². The van der Waals surface area contributed by atoms with Crippen molar-refractivity contribution in [3.63, 3.8) is 0 Å². The summed E-state index contributed by atoms with van der Waals surface area (Å²) in [4.78, 5) is 4.33. The van der Waals surface area contributed by atoms with Crippen LogP contribution in [-0.4, -0.2) is 25.2 Å². The maximum absolute atomic E-state index is 4.93. The molecule has 4 rings (SSSR count). The lowest BCUT2D eigenvalue weighted by atomic mass is 10.3. The molecule has 0 fully saturated rings. The van der Waals surface area contributed by atoms with E-state index in [4.69, 9.17) is 12.2 Å². The second-order valence-electron chi connectivity index (χ2n) is 4.45. The number of aromatic nitrogens is 5. The highest BCUT2D eigenvalue weighted by Crippen LogP contribution is 2.19. The van der Waals surface area contributed by atoms with E-state index in [2.05, 4.69) is 26.6 Å². The first-order valence-electron chi connectivity index (χ1n) is 6.62. The minimum absolute atomic E-state index is 0.432. The Morgan fingerprint density at radius 2 is 1.77 bits per heavy atom. The zero-order valence-corrected chi connectivity index (χ0v) is 13.4. The molecule has 0 unspecified atom stereocenters. The van der Waals surface area contributed by atoms with E-state index in [9.17, 15) is 0 Å². The van der Waals surface area contributed by atoms with Crippen molar-refractivity contribution in [2.75, 3.05) is 0 Å². The van der Waals surface area contributed by atoms with E-state index in [0.717, 1.165) is 16.2 Å². The van der Waals surface area contributed by atoms with Crippen LogP contribution in [0.15, 0.2) is 54.6 Å². The van der Waals surface area contributed by atoms with Crippen LogP contribution >= 0.6 is 23.6 Å². The molecule has 0 saturated carbocycles. The molecule has 7 heteroatoms. The Labute approximate surface area is 136 Å². The number of nitrogens with zero attached hydrogens (tertiary/aromatic N) is 4. The summed E-state index contributed by atoms with van der Waals surface area (Å²) in [7, 11) is 0. The Bertz CT molecular complexity index is 890. The molecular formula is C15H13N5S2. The Morgan fingerprint density at radius 3 is 2.45 bits per heavy atom. The summed E-state index contributed by atoms with van der Waals surface area (Å²) < 4.78 is 3.34. The van der Waals surface area contributed by atoms with Gasteiger partial charge in [-0.2, -0.15) is 5.21 Å². The second-order valence-corrected chi connectivity index (χ2v) is 6.05. The molecule has 2 heterocycles. The Balaban J connectivity index is 0.000000133. The third-order valence-corrected chi connectivity index (χ3v) is 4.10. The molecule has 0 amide bonds. The van der Waals surface area contributed by atoms with Gasteiger partial charge < -0.3 is 0 Å². The van der Waals surface area contributed by atoms with Gasteiger partial charge in [-0.15, -0.1) is 11.3 Å². The van der Waals surface area contributed by atoms with Crippen LogP contribution in [0.25, 0.3) is 15.9 Å². The largest absolute Gasteiger partial charge is 0.242 e. The Morgan fingerprint density at radius 1 is 1.05 bits per heavy atom. The predicted octanol–water partition coefficient (Wildman–Crippen LogP) is 3.93. The number of para-hydroxylation sites is 2. The van der Waals surface area contributed by atoms with Crippen LogP contribution < -0.4 is 0 Å². The van der Waals surface area contributed by atoms with Crippen molar-refractivity contribution in [2.45, 2.75) is 6.92 Å². The fraction of sp³-hybridized carbons (Fsp3) is 0.0667. The van der Waals surface area contributed by atoms with Gasteiger partial charge in [-0.25, -0.2) is 9.67 Å². The summed E-state index contributed by atoms with van der Waals surface area (Å²) in [5, 5.41) is 11.1. The number of aromatic amines is 1. The number of H-pyrrole nitrogens is 1. The van der Waals surface area contributed by atoms with Gasteiger partial charge in [-0.05, 0) is 43.4 Å². The maximum Gasteiger partial charge on any atom is 0.242 e. The monoisotopic (exact) mass is 327 g/mol. The smallest absolute Gasteiger partial charge is 0.242 e. The van der Waals surface area contributed by atoms with E-state index in [1.165, 1.54) is 4.70 Å². The number of hydrogen-bond donors (Lipinski definition) is 1. The molecule has 0 bridgehead atoms. The molecule has 0 saturated heterocycles. The fourth-order valence-corrected chi connectivity index (χ4v) is 2.94. The molecule has 4 aromatic rings. The summed E-state index contributed by atoms with van der Waals surface area (Å²) in [5.41, 5.74) is 2.05. The fourth-order valence-electron chi connectivity index (χ4n) is 1.93. The number of benzene rings is 2. The highest BCUT2D eigenvalue weighted by atomic mass is 32.1. The van der Waals surface area contributed by atoms with E-state index in [1.54, 1.807) is 16.0 Å². The third kappa shape index (κ3) is 3.26. The SMILES string of the molecule is Cc1nc2ccccc2s1.S=c1nn[nH]n1-c1ccccc1. The molecule has 0 aliphatic carbocycles. The van der Waals surface area contributed by atoms with Gasteiger partial charge in [0.25, 0.3) is 0 Å². The van der Waals surface area contributed by atoms with Crippen LogP contribution in [0.5, 0.6) is 0 Å². The number of aryl methyl sites for hydroxylation is 1. The van der Waals surface area contributed by atoms with Crippen molar-refractivity contribution in [3.8, 4) is 5.69 Å². The standard InChI is InChI=1S/C8H7NS.C7H6N4S/c1-6-9-7-4-2-3-5-8(7)10-6;12-7-8-9-10-11(7)6-4-2-1-3-5-6/h2-5H,1H3;1-5H,(H,8,10,12). The molecule has 0 aliphatic rings.